The van der Waals surface area contributed by atoms with E-state index in [-0.39, 0.29) is 0 Å². The summed E-state index contributed by atoms with van der Waals surface area (Å²) in [7, 11) is 0. The van der Waals surface area contributed by atoms with Crippen molar-refractivity contribution < 1.29 is 4.79 Å². The second kappa shape index (κ2) is 2.60. The molecule has 2 heterocycles. The standard InChI is InChI=1S/C11H15NO/c13-11-9-5-2-1-4-8(9)10-6-3-7-12(10)11/h10H,1-7H2. The molecule has 0 radical (unpaired) electrons. The van der Waals surface area contributed by atoms with E-state index in [0.29, 0.717) is 11.9 Å². The van der Waals surface area contributed by atoms with E-state index in [4.69, 9.17) is 0 Å². The van der Waals surface area contributed by atoms with Crippen LogP contribution >= 0.6 is 0 Å². The van der Waals surface area contributed by atoms with Gasteiger partial charge in [0.05, 0.1) is 6.04 Å². The summed E-state index contributed by atoms with van der Waals surface area (Å²) >= 11 is 0. The molecule has 0 aromatic rings. The van der Waals surface area contributed by atoms with Gasteiger partial charge in [0.15, 0.2) is 0 Å². The summed E-state index contributed by atoms with van der Waals surface area (Å²) in [6.07, 6.45) is 7.22. The van der Waals surface area contributed by atoms with Gasteiger partial charge in [0.1, 0.15) is 0 Å². The monoisotopic (exact) mass is 177 g/mol. The summed E-state index contributed by atoms with van der Waals surface area (Å²) < 4.78 is 0. The highest BCUT2D eigenvalue weighted by atomic mass is 16.2. The van der Waals surface area contributed by atoms with Crippen molar-refractivity contribution in [3.63, 3.8) is 0 Å². The molecule has 3 aliphatic rings. The fourth-order valence-corrected chi connectivity index (χ4v) is 3.09. The summed E-state index contributed by atoms with van der Waals surface area (Å²) in [5.41, 5.74) is 2.70. The SMILES string of the molecule is O=C1C2=C(CCCC2)C2CCCN12. The first kappa shape index (κ1) is 7.60. The van der Waals surface area contributed by atoms with Crippen LogP contribution < -0.4 is 0 Å². The second-order valence-corrected chi connectivity index (χ2v) is 4.37. The van der Waals surface area contributed by atoms with Gasteiger partial charge in [0, 0.05) is 12.1 Å². The molecule has 1 unspecified atom stereocenters. The number of carbonyl (C=O) groups excluding carboxylic acids is 1. The van der Waals surface area contributed by atoms with E-state index in [1.54, 1.807) is 0 Å². The van der Waals surface area contributed by atoms with E-state index in [9.17, 15) is 4.79 Å². The zero-order valence-electron chi connectivity index (χ0n) is 7.88. The van der Waals surface area contributed by atoms with Crippen LogP contribution in [0.1, 0.15) is 38.5 Å². The second-order valence-electron chi connectivity index (χ2n) is 4.37. The molecule has 13 heavy (non-hydrogen) atoms. The highest BCUT2D eigenvalue weighted by Gasteiger charge is 2.41. The summed E-state index contributed by atoms with van der Waals surface area (Å²) in [6, 6.07) is 0.530. The van der Waals surface area contributed by atoms with Gasteiger partial charge in [-0.05, 0) is 44.1 Å². The predicted octanol–water partition coefficient (Wildman–Crippen LogP) is 1.86. The van der Waals surface area contributed by atoms with E-state index < -0.39 is 0 Å². The molecule has 0 bridgehead atoms. The molecule has 0 aromatic heterocycles. The molecule has 3 rings (SSSR count). The van der Waals surface area contributed by atoms with Crippen LogP contribution in [0, 0.1) is 0 Å². The maximum absolute atomic E-state index is 11.9. The van der Waals surface area contributed by atoms with Crippen LogP contribution in [-0.2, 0) is 4.79 Å². The van der Waals surface area contributed by atoms with Gasteiger partial charge in [-0.3, -0.25) is 4.79 Å². The Morgan fingerprint density at radius 1 is 1.15 bits per heavy atom. The number of hydrogen-bond acceptors (Lipinski definition) is 1. The molecular weight excluding hydrogens is 162 g/mol. The first-order chi connectivity index (χ1) is 6.38. The molecule has 0 spiro atoms. The van der Waals surface area contributed by atoms with Crippen molar-refractivity contribution in [2.45, 2.75) is 44.6 Å². The molecule has 70 valence electrons. The molecule has 0 aromatic carbocycles. The minimum Gasteiger partial charge on any atom is -0.332 e. The van der Waals surface area contributed by atoms with Crippen molar-refractivity contribution in [2.75, 3.05) is 6.54 Å². The summed E-state index contributed by atoms with van der Waals surface area (Å²) in [4.78, 5) is 14.0. The lowest BCUT2D eigenvalue weighted by molar-refractivity contribution is -0.125. The van der Waals surface area contributed by atoms with Crippen molar-refractivity contribution in [1.82, 2.24) is 4.90 Å². The van der Waals surface area contributed by atoms with Crippen LogP contribution in [0.25, 0.3) is 0 Å². The normalized spacial score (nSPS) is 32.5. The molecular formula is C11H15NO. The Hall–Kier alpha value is -0.790. The van der Waals surface area contributed by atoms with Gasteiger partial charge in [0.2, 0.25) is 5.91 Å². The van der Waals surface area contributed by atoms with E-state index >= 15 is 0 Å². The lowest BCUT2D eigenvalue weighted by Crippen LogP contribution is -2.29. The third-order valence-corrected chi connectivity index (χ3v) is 3.68. The van der Waals surface area contributed by atoms with Gasteiger partial charge in [-0.1, -0.05) is 0 Å². The fraction of sp³-hybridized carbons (Fsp3) is 0.727. The predicted molar refractivity (Wildman–Crippen MR) is 50.2 cm³/mol. The van der Waals surface area contributed by atoms with Gasteiger partial charge in [-0.2, -0.15) is 0 Å². The molecule has 2 heteroatoms. The summed E-state index contributed by atoms with van der Waals surface area (Å²) in [5, 5.41) is 0. The van der Waals surface area contributed by atoms with E-state index in [0.717, 1.165) is 13.0 Å². The van der Waals surface area contributed by atoms with Crippen molar-refractivity contribution in [2.24, 2.45) is 0 Å². The van der Waals surface area contributed by atoms with Crippen LogP contribution in [0.3, 0.4) is 0 Å². The number of hydrogen-bond donors (Lipinski definition) is 0. The average molecular weight is 177 g/mol. The zero-order chi connectivity index (χ0) is 8.84. The molecule has 1 amide bonds. The highest BCUT2D eigenvalue weighted by molar-refractivity contribution is 5.98. The molecule has 1 atom stereocenters. The van der Waals surface area contributed by atoms with Crippen LogP contribution in [0.15, 0.2) is 11.1 Å². The highest BCUT2D eigenvalue weighted by Crippen LogP contribution is 2.40. The third-order valence-electron chi connectivity index (χ3n) is 3.68. The molecule has 2 aliphatic heterocycles. The van der Waals surface area contributed by atoms with Crippen LogP contribution in [0.4, 0.5) is 0 Å². The average Bonchev–Trinajstić information content (AvgIpc) is 2.72. The van der Waals surface area contributed by atoms with Crippen molar-refractivity contribution in [3.8, 4) is 0 Å². The van der Waals surface area contributed by atoms with Crippen LogP contribution in [0.2, 0.25) is 0 Å². The maximum atomic E-state index is 11.9. The Morgan fingerprint density at radius 2 is 2.00 bits per heavy atom. The number of nitrogens with zero attached hydrogens (tertiary/aromatic N) is 1. The van der Waals surface area contributed by atoms with Gasteiger partial charge in [-0.15, -0.1) is 0 Å². The quantitative estimate of drug-likeness (QED) is 0.553. The van der Waals surface area contributed by atoms with Crippen molar-refractivity contribution in [3.05, 3.63) is 11.1 Å². The minimum absolute atomic E-state index is 0.372. The molecule has 1 saturated heterocycles. The number of rotatable bonds is 0. The number of amides is 1. The summed E-state index contributed by atoms with van der Waals surface area (Å²) in [5.74, 6) is 0.372. The van der Waals surface area contributed by atoms with Gasteiger partial charge >= 0.3 is 0 Å². The van der Waals surface area contributed by atoms with E-state index in [1.807, 2.05) is 0 Å². The van der Waals surface area contributed by atoms with Crippen molar-refractivity contribution in [1.29, 1.82) is 0 Å². The molecule has 2 nitrogen and oxygen atoms in total. The Morgan fingerprint density at radius 3 is 2.92 bits per heavy atom. The van der Waals surface area contributed by atoms with Crippen LogP contribution in [0.5, 0.6) is 0 Å². The lowest BCUT2D eigenvalue weighted by Gasteiger charge is -2.18. The van der Waals surface area contributed by atoms with E-state index in [2.05, 4.69) is 4.90 Å². The smallest absolute Gasteiger partial charge is 0.250 e. The topological polar surface area (TPSA) is 20.3 Å². The molecule has 1 fully saturated rings. The number of fused-ring (bicyclic) bond motifs is 2. The Balaban J connectivity index is 2.01. The maximum Gasteiger partial charge on any atom is 0.250 e. The Bertz CT molecular complexity index is 292. The minimum atomic E-state index is 0.372. The third kappa shape index (κ3) is 0.917. The molecule has 0 N–H and O–H groups in total. The fourth-order valence-electron chi connectivity index (χ4n) is 3.09. The molecule has 1 aliphatic carbocycles. The van der Waals surface area contributed by atoms with E-state index in [1.165, 1.54) is 43.3 Å². The molecule has 0 saturated carbocycles. The van der Waals surface area contributed by atoms with Gasteiger partial charge in [-0.25, -0.2) is 0 Å². The summed E-state index contributed by atoms with van der Waals surface area (Å²) in [6.45, 7) is 1.01. The van der Waals surface area contributed by atoms with Gasteiger partial charge < -0.3 is 4.90 Å². The lowest BCUT2D eigenvalue weighted by atomic mass is 9.89. The Labute approximate surface area is 78.6 Å². The van der Waals surface area contributed by atoms with Crippen molar-refractivity contribution >= 4 is 5.91 Å². The number of carbonyl (C=O) groups is 1. The first-order valence-electron chi connectivity index (χ1n) is 5.41. The van der Waals surface area contributed by atoms with Gasteiger partial charge in [0.25, 0.3) is 0 Å². The first-order valence-corrected chi connectivity index (χ1v) is 5.41. The zero-order valence-corrected chi connectivity index (χ0v) is 7.88. The van der Waals surface area contributed by atoms with Crippen LogP contribution in [-0.4, -0.2) is 23.4 Å². The largest absolute Gasteiger partial charge is 0.332 e. The Kier molecular flexibility index (Phi) is 1.52.